The van der Waals surface area contributed by atoms with Gasteiger partial charge in [-0.25, -0.2) is 14.5 Å². The first-order valence-electron chi connectivity index (χ1n) is 10.2. The molecule has 0 aliphatic heterocycles. The Kier molecular flexibility index (Phi) is 6.03. The van der Waals surface area contributed by atoms with Crippen molar-refractivity contribution in [2.24, 2.45) is 0 Å². The van der Waals surface area contributed by atoms with Crippen molar-refractivity contribution in [3.8, 4) is 11.3 Å². The minimum absolute atomic E-state index is 0.0814. The van der Waals surface area contributed by atoms with Gasteiger partial charge in [-0.05, 0) is 32.1 Å². The lowest BCUT2D eigenvalue weighted by atomic mass is 10.1. The number of thioether (sulfide) groups is 1. The van der Waals surface area contributed by atoms with Crippen LogP contribution in [0.3, 0.4) is 0 Å². The number of rotatable bonds is 7. The maximum Gasteiger partial charge on any atom is 0.253 e. The number of nitrogens with zero attached hydrogens (tertiary/aromatic N) is 5. The van der Waals surface area contributed by atoms with Gasteiger partial charge in [0.2, 0.25) is 11.1 Å². The van der Waals surface area contributed by atoms with Crippen LogP contribution in [0.25, 0.3) is 17.0 Å². The van der Waals surface area contributed by atoms with Gasteiger partial charge in [-0.3, -0.25) is 4.79 Å². The molecule has 4 aromatic rings. The first-order chi connectivity index (χ1) is 15.0. The summed E-state index contributed by atoms with van der Waals surface area (Å²) < 4.78 is 1.71. The number of hydrogen-bond donors (Lipinski definition) is 2. The molecule has 4 rings (SSSR count). The van der Waals surface area contributed by atoms with Crippen LogP contribution in [0.4, 0.5) is 0 Å². The lowest BCUT2D eigenvalue weighted by Crippen LogP contribution is -2.31. The van der Waals surface area contributed by atoms with Gasteiger partial charge in [0.25, 0.3) is 5.78 Å². The van der Waals surface area contributed by atoms with E-state index >= 15 is 0 Å². The molecule has 1 aromatic carbocycles. The number of benzene rings is 1. The van der Waals surface area contributed by atoms with Crippen molar-refractivity contribution in [3.05, 3.63) is 59.3 Å². The van der Waals surface area contributed by atoms with Gasteiger partial charge in [0, 0.05) is 17.0 Å². The predicted octanol–water partition coefficient (Wildman–Crippen LogP) is 3.66. The Morgan fingerprint density at radius 1 is 1.23 bits per heavy atom. The van der Waals surface area contributed by atoms with Gasteiger partial charge >= 0.3 is 0 Å². The molecule has 0 fully saturated rings. The summed E-state index contributed by atoms with van der Waals surface area (Å²) in [5.41, 5.74) is 4.52. The van der Waals surface area contributed by atoms with Crippen LogP contribution in [0, 0.1) is 13.8 Å². The Morgan fingerprint density at radius 2 is 2.00 bits per heavy atom. The van der Waals surface area contributed by atoms with Gasteiger partial charge in [0.15, 0.2) is 0 Å². The molecule has 1 unspecified atom stereocenters. The molecule has 8 nitrogen and oxygen atoms in total. The molecule has 9 heteroatoms. The number of aromatic amines is 1. The number of fused-ring (bicyclic) bond motifs is 1. The Balaban J connectivity index is 1.52. The first kappa shape index (κ1) is 21.0. The second-order valence-corrected chi connectivity index (χ2v) is 8.10. The Morgan fingerprint density at radius 3 is 2.71 bits per heavy atom. The summed E-state index contributed by atoms with van der Waals surface area (Å²) in [5, 5.41) is 8.22. The highest BCUT2D eigenvalue weighted by atomic mass is 32.2. The van der Waals surface area contributed by atoms with Gasteiger partial charge in [0.05, 0.1) is 24.4 Å². The molecule has 31 heavy (non-hydrogen) atoms. The molecule has 0 spiro atoms. The average Bonchev–Trinajstić information content (AvgIpc) is 3.43. The molecule has 0 saturated heterocycles. The summed E-state index contributed by atoms with van der Waals surface area (Å²) in [6.07, 6.45) is 4.68. The fourth-order valence-corrected chi connectivity index (χ4v) is 3.92. The Labute approximate surface area is 184 Å². The van der Waals surface area contributed by atoms with E-state index in [1.807, 2.05) is 57.4 Å². The molecule has 0 aliphatic rings. The van der Waals surface area contributed by atoms with Crippen molar-refractivity contribution >= 4 is 23.4 Å². The molecule has 3 heterocycles. The number of hydrogen-bond acceptors (Lipinski definition) is 6. The Bertz CT molecular complexity index is 1220. The molecule has 1 amide bonds. The minimum Gasteiger partial charge on any atom is -0.346 e. The van der Waals surface area contributed by atoms with Crippen molar-refractivity contribution in [3.63, 3.8) is 0 Å². The summed E-state index contributed by atoms with van der Waals surface area (Å²) in [6, 6.07) is 9.81. The second kappa shape index (κ2) is 8.89. The van der Waals surface area contributed by atoms with Crippen LogP contribution in [-0.2, 0) is 11.2 Å². The van der Waals surface area contributed by atoms with E-state index in [1.165, 1.54) is 11.8 Å². The highest BCUT2D eigenvalue weighted by Gasteiger charge is 2.20. The van der Waals surface area contributed by atoms with Gasteiger partial charge in [0.1, 0.15) is 5.82 Å². The fourth-order valence-electron chi connectivity index (χ4n) is 3.58. The monoisotopic (exact) mass is 435 g/mol. The molecule has 0 aliphatic carbocycles. The van der Waals surface area contributed by atoms with Crippen molar-refractivity contribution < 1.29 is 4.79 Å². The highest BCUT2D eigenvalue weighted by Crippen LogP contribution is 2.21. The average molecular weight is 436 g/mol. The van der Waals surface area contributed by atoms with Crippen LogP contribution in [0.5, 0.6) is 0 Å². The number of amides is 1. The molecule has 160 valence electrons. The van der Waals surface area contributed by atoms with Gasteiger partial charge in [-0.2, -0.15) is 4.98 Å². The summed E-state index contributed by atoms with van der Waals surface area (Å²) in [6.45, 7) is 5.87. The van der Waals surface area contributed by atoms with E-state index < -0.39 is 0 Å². The molecule has 0 radical (unpaired) electrons. The lowest BCUT2D eigenvalue weighted by molar-refractivity contribution is -0.121. The van der Waals surface area contributed by atoms with E-state index in [0.717, 1.165) is 40.5 Å². The molecular weight excluding hydrogens is 410 g/mol. The van der Waals surface area contributed by atoms with E-state index in [4.69, 9.17) is 0 Å². The molecule has 2 N–H and O–H groups in total. The van der Waals surface area contributed by atoms with E-state index in [2.05, 4.69) is 30.4 Å². The topological polar surface area (TPSA) is 101 Å². The number of H-pyrrole nitrogens is 1. The van der Waals surface area contributed by atoms with E-state index in [-0.39, 0.29) is 18.4 Å². The Hall–Kier alpha value is -3.20. The van der Waals surface area contributed by atoms with E-state index in [1.54, 1.807) is 10.7 Å². The predicted molar refractivity (Wildman–Crippen MR) is 121 cm³/mol. The maximum atomic E-state index is 12.9. The van der Waals surface area contributed by atoms with Crippen LogP contribution in [0.1, 0.15) is 42.2 Å². The quantitative estimate of drug-likeness (QED) is 0.430. The van der Waals surface area contributed by atoms with Crippen LogP contribution < -0.4 is 5.32 Å². The zero-order valence-electron chi connectivity index (χ0n) is 18.0. The minimum atomic E-state index is -0.197. The zero-order valence-corrected chi connectivity index (χ0v) is 18.8. The number of carbonyl (C=O) groups is 1. The third-order valence-corrected chi connectivity index (χ3v) is 5.84. The summed E-state index contributed by atoms with van der Waals surface area (Å²) in [5.74, 6) is 1.22. The van der Waals surface area contributed by atoms with Crippen molar-refractivity contribution in [1.29, 1.82) is 0 Å². The molecule has 0 bridgehead atoms. The number of nitrogens with one attached hydrogen (secondary N) is 2. The molecule has 0 saturated carbocycles. The van der Waals surface area contributed by atoms with Gasteiger partial charge in [-0.1, -0.05) is 49.0 Å². The van der Waals surface area contributed by atoms with Crippen LogP contribution in [-0.4, -0.2) is 41.7 Å². The van der Waals surface area contributed by atoms with E-state index in [9.17, 15) is 4.79 Å². The third-order valence-electron chi connectivity index (χ3n) is 5.30. The normalized spacial score (nSPS) is 12.3. The van der Waals surface area contributed by atoms with Gasteiger partial charge < -0.3 is 10.3 Å². The number of imidazole rings is 1. The number of aromatic nitrogens is 6. The van der Waals surface area contributed by atoms with Crippen molar-refractivity contribution in [2.45, 2.75) is 44.8 Å². The van der Waals surface area contributed by atoms with Crippen molar-refractivity contribution in [2.75, 3.05) is 6.26 Å². The fraction of sp³-hybridized carbons (Fsp3) is 0.318. The summed E-state index contributed by atoms with van der Waals surface area (Å²) >= 11 is 1.47. The zero-order chi connectivity index (χ0) is 22.0. The highest BCUT2D eigenvalue weighted by molar-refractivity contribution is 7.98. The number of carbonyl (C=O) groups excluding carboxylic acids is 1. The molecular formula is C22H25N7OS. The van der Waals surface area contributed by atoms with Crippen LogP contribution >= 0.6 is 11.8 Å². The van der Waals surface area contributed by atoms with Crippen molar-refractivity contribution in [1.82, 2.24) is 34.9 Å². The number of aryl methyl sites for hydroxylation is 2. The maximum absolute atomic E-state index is 12.9. The lowest BCUT2D eigenvalue weighted by Gasteiger charge is -2.16. The molecule has 1 atom stereocenters. The molecule has 3 aromatic heterocycles. The SMILES string of the molecule is CCC(NC(=O)Cc1c(C)nc2nc(SC)nn2c1C)c1ncc(-c2ccccc2)[nH]1. The summed E-state index contributed by atoms with van der Waals surface area (Å²) in [4.78, 5) is 29.7. The largest absolute Gasteiger partial charge is 0.346 e. The summed E-state index contributed by atoms with van der Waals surface area (Å²) in [7, 11) is 0. The second-order valence-electron chi connectivity index (χ2n) is 7.32. The van der Waals surface area contributed by atoms with Crippen LogP contribution in [0.15, 0.2) is 41.7 Å². The smallest absolute Gasteiger partial charge is 0.253 e. The van der Waals surface area contributed by atoms with Crippen LogP contribution in [0.2, 0.25) is 0 Å². The first-order valence-corrected chi connectivity index (χ1v) is 11.4. The van der Waals surface area contributed by atoms with Gasteiger partial charge in [-0.15, -0.1) is 5.10 Å². The van der Waals surface area contributed by atoms with E-state index in [0.29, 0.717) is 10.9 Å². The third kappa shape index (κ3) is 4.32. The standard InChI is InChI=1S/C22H25N7OS/c1-5-17(20-23-12-18(26-20)15-9-7-6-8-10-15)25-19(30)11-16-13(2)24-21-27-22(31-4)28-29(21)14(16)3/h6-10,12,17H,5,11H2,1-4H3,(H,23,26)(H,25,30).